The zero-order valence-corrected chi connectivity index (χ0v) is 10.3. The largest absolute Gasteiger partial charge is 0.493 e. The van der Waals surface area contributed by atoms with Gasteiger partial charge in [0.15, 0.2) is 0 Å². The highest BCUT2D eigenvalue weighted by Gasteiger charge is 2.30. The first-order valence-corrected chi connectivity index (χ1v) is 5.55. The van der Waals surface area contributed by atoms with Crippen LogP contribution in [0, 0.1) is 0 Å². The summed E-state index contributed by atoms with van der Waals surface area (Å²) in [5.41, 5.74) is 2.19. The molecule has 1 aliphatic heterocycles. The van der Waals surface area contributed by atoms with Gasteiger partial charge in [0, 0.05) is 22.9 Å². The van der Waals surface area contributed by atoms with Gasteiger partial charge < -0.3 is 10.5 Å². The zero-order valence-electron chi connectivity index (χ0n) is 8.66. The van der Waals surface area contributed by atoms with E-state index in [1.54, 1.807) is 6.07 Å². The fourth-order valence-corrected chi connectivity index (χ4v) is 2.19. The summed E-state index contributed by atoms with van der Waals surface area (Å²) in [6.07, 6.45) is 0.632. The van der Waals surface area contributed by atoms with E-state index in [1.807, 2.05) is 0 Å². The SMILES string of the molecule is Cl.N[C@H]1CCOc2ccc(SC(F)(F)F)cc21. The lowest BCUT2D eigenvalue weighted by Gasteiger charge is -2.23. The minimum atomic E-state index is -4.27. The van der Waals surface area contributed by atoms with Crippen LogP contribution in [0.5, 0.6) is 5.75 Å². The number of fused-ring (bicyclic) bond motifs is 1. The van der Waals surface area contributed by atoms with Gasteiger partial charge in [0.05, 0.1) is 6.61 Å². The Balaban J connectivity index is 0.00000144. The van der Waals surface area contributed by atoms with Crippen LogP contribution in [-0.4, -0.2) is 12.1 Å². The fourth-order valence-electron chi connectivity index (χ4n) is 1.60. The van der Waals surface area contributed by atoms with Crippen LogP contribution in [0.3, 0.4) is 0 Å². The van der Waals surface area contributed by atoms with Gasteiger partial charge in [0.25, 0.3) is 0 Å². The molecule has 0 aliphatic carbocycles. The van der Waals surface area contributed by atoms with E-state index in [1.165, 1.54) is 12.1 Å². The maximum atomic E-state index is 12.2. The molecular weight excluding hydrogens is 275 g/mol. The minimum Gasteiger partial charge on any atom is -0.493 e. The number of thioether (sulfide) groups is 1. The van der Waals surface area contributed by atoms with Crippen LogP contribution in [-0.2, 0) is 0 Å². The van der Waals surface area contributed by atoms with E-state index in [0.717, 1.165) is 0 Å². The molecule has 0 saturated heterocycles. The highest BCUT2D eigenvalue weighted by atomic mass is 35.5. The molecule has 1 atom stereocenters. The van der Waals surface area contributed by atoms with Crippen LogP contribution in [0.15, 0.2) is 23.1 Å². The molecular formula is C10H11ClF3NOS. The molecule has 0 spiro atoms. The standard InChI is InChI=1S/C10H10F3NOS.ClH/c11-10(12,13)16-6-1-2-9-7(5-6)8(14)3-4-15-9;/h1-2,5,8H,3-4,14H2;1H/t8-;/m0./s1. The van der Waals surface area contributed by atoms with Crippen molar-refractivity contribution in [2.75, 3.05) is 6.61 Å². The maximum absolute atomic E-state index is 12.2. The molecule has 2 rings (SSSR count). The number of rotatable bonds is 1. The average molecular weight is 286 g/mol. The summed E-state index contributed by atoms with van der Waals surface area (Å²) in [4.78, 5) is 0.146. The van der Waals surface area contributed by atoms with Crippen molar-refractivity contribution >= 4 is 24.2 Å². The molecule has 0 fully saturated rings. The topological polar surface area (TPSA) is 35.2 Å². The van der Waals surface area contributed by atoms with E-state index in [0.29, 0.717) is 24.3 Å². The summed E-state index contributed by atoms with van der Waals surface area (Å²) in [5.74, 6) is 0.588. The van der Waals surface area contributed by atoms with E-state index >= 15 is 0 Å². The highest BCUT2D eigenvalue weighted by molar-refractivity contribution is 8.00. The monoisotopic (exact) mass is 285 g/mol. The summed E-state index contributed by atoms with van der Waals surface area (Å²) in [7, 11) is 0. The Morgan fingerprint density at radius 2 is 2.06 bits per heavy atom. The van der Waals surface area contributed by atoms with E-state index in [-0.39, 0.29) is 35.1 Å². The van der Waals surface area contributed by atoms with Gasteiger partial charge in [-0.05, 0) is 30.0 Å². The molecule has 7 heteroatoms. The summed E-state index contributed by atoms with van der Waals surface area (Å²) >= 11 is -0.136. The number of ether oxygens (including phenoxy) is 1. The van der Waals surface area contributed by atoms with Crippen molar-refractivity contribution in [2.24, 2.45) is 5.73 Å². The predicted molar refractivity (Wildman–Crippen MR) is 62.6 cm³/mol. The van der Waals surface area contributed by atoms with Gasteiger partial charge in [-0.3, -0.25) is 0 Å². The number of benzene rings is 1. The van der Waals surface area contributed by atoms with Crippen LogP contribution in [0.4, 0.5) is 13.2 Å². The van der Waals surface area contributed by atoms with Crippen molar-refractivity contribution in [2.45, 2.75) is 22.9 Å². The second-order valence-electron chi connectivity index (χ2n) is 3.49. The number of hydrogen-bond acceptors (Lipinski definition) is 3. The maximum Gasteiger partial charge on any atom is 0.446 e. The highest BCUT2D eigenvalue weighted by Crippen LogP contribution is 2.40. The molecule has 0 amide bonds. The van der Waals surface area contributed by atoms with Crippen LogP contribution in [0.1, 0.15) is 18.0 Å². The van der Waals surface area contributed by atoms with Gasteiger partial charge >= 0.3 is 5.51 Å². The molecule has 96 valence electrons. The van der Waals surface area contributed by atoms with Crippen molar-refractivity contribution in [1.29, 1.82) is 0 Å². The molecule has 1 heterocycles. The average Bonchev–Trinajstić information content (AvgIpc) is 2.17. The first-order chi connectivity index (χ1) is 7.46. The molecule has 17 heavy (non-hydrogen) atoms. The Labute approximate surface area is 107 Å². The van der Waals surface area contributed by atoms with E-state index < -0.39 is 5.51 Å². The van der Waals surface area contributed by atoms with Crippen LogP contribution in [0.2, 0.25) is 0 Å². The van der Waals surface area contributed by atoms with Gasteiger partial charge in [-0.1, -0.05) is 0 Å². The number of hydrogen-bond donors (Lipinski definition) is 1. The molecule has 1 aliphatic rings. The van der Waals surface area contributed by atoms with Crippen LogP contribution in [0.25, 0.3) is 0 Å². The molecule has 1 aromatic carbocycles. The summed E-state index contributed by atoms with van der Waals surface area (Å²) in [6, 6.07) is 4.16. The van der Waals surface area contributed by atoms with Crippen LogP contribution >= 0.6 is 24.2 Å². The lowest BCUT2D eigenvalue weighted by atomic mass is 10.0. The molecule has 2 N–H and O–H groups in total. The van der Waals surface area contributed by atoms with Gasteiger partial charge in [0.1, 0.15) is 5.75 Å². The van der Waals surface area contributed by atoms with Crippen molar-refractivity contribution < 1.29 is 17.9 Å². The lowest BCUT2D eigenvalue weighted by Crippen LogP contribution is -2.20. The third-order valence-electron chi connectivity index (χ3n) is 2.30. The van der Waals surface area contributed by atoms with Gasteiger partial charge in [-0.25, -0.2) is 0 Å². The van der Waals surface area contributed by atoms with Crippen molar-refractivity contribution in [3.8, 4) is 5.75 Å². The first kappa shape index (κ1) is 14.5. The minimum absolute atomic E-state index is 0. The van der Waals surface area contributed by atoms with Gasteiger partial charge in [0.2, 0.25) is 0 Å². The predicted octanol–water partition coefficient (Wildman–Crippen LogP) is 3.50. The molecule has 2 nitrogen and oxygen atoms in total. The van der Waals surface area contributed by atoms with Crippen molar-refractivity contribution in [1.82, 2.24) is 0 Å². The van der Waals surface area contributed by atoms with Crippen molar-refractivity contribution in [3.05, 3.63) is 23.8 Å². The summed E-state index contributed by atoms with van der Waals surface area (Å²) in [6.45, 7) is 0.514. The van der Waals surface area contributed by atoms with E-state index in [2.05, 4.69) is 0 Å². The summed E-state index contributed by atoms with van der Waals surface area (Å²) in [5, 5.41) is 0. The quantitative estimate of drug-likeness (QED) is 0.802. The van der Waals surface area contributed by atoms with Gasteiger partial charge in [-0.15, -0.1) is 12.4 Å². The molecule has 0 unspecified atom stereocenters. The molecule has 0 aromatic heterocycles. The van der Waals surface area contributed by atoms with Crippen molar-refractivity contribution in [3.63, 3.8) is 0 Å². The third kappa shape index (κ3) is 3.69. The zero-order chi connectivity index (χ0) is 11.8. The Morgan fingerprint density at radius 1 is 1.35 bits per heavy atom. The lowest BCUT2D eigenvalue weighted by molar-refractivity contribution is -0.0328. The molecule has 0 bridgehead atoms. The Bertz CT molecular complexity index is 400. The van der Waals surface area contributed by atoms with Gasteiger partial charge in [-0.2, -0.15) is 13.2 Å². The Hall–Kier alpha value is -0.590. The fraction of sp³-hybridized carbons (Fsp3) is 0.400. The smallest absolute Gasteiger partial charge is 0.446 e. The number of nitrogens with two attached hydrogens (primary N) is 1. The second-order valence-corrected chi connectivity index (χ2v) is 4.63. The third-order valence-corrected chi connectivity index (χ3v) is 3.02. The molecule has 0 saturated carbocycles. The normalized spacial score (nSPS) is 18.9. The number of alkyl halides is 3. The second kappa shape index (κ2) is 5.37. The number of halogens is 4. The Morgan fingerprint density at radius 3 is 2.71 bits per heavy atom. The van der Waals surface area contributed by atoms with E-state index in [9.17, 15) is 13.2 Å². The molecule has 0 radical (unpaired) electrons. The first-order valence-electron chi connectivity index (χ1n) is 4.74. The molecule has 1 aromatic rings. The van der Waals surface area contributed by atoms with E-state index in [4.69, 9.17) is 10.5 Å². The van der Waals surface area contributed by atoms with Crippen LogP contribution < -0.4 is 10.5 Å². The Kier molecular flexibility index (Phi) is 4.57. The summed E-state index contributed by atoms with van der Waals surface area (Å²) < 4.78 is 41.8.